The van der Waals surface area contributed by atoms with Gasteiger partial charge < -0.3 is 37.0 Å². The molecule has 12 heteroatoms. The van der Waals surface area contributed by atoms with Crippen molar-refractivity contribution in [2.45, 2.75) is 63.7 Å². The first-order valence-corrected chi connectivity index (χ1v) is 11.3. The monoisotopic (exact) mass is 494 g/mol. The molecule has 194 valence electrons. The Hall–Kier alpha value is -3.51. The zero-order chi connectivity index (χ0) is 26.5. The molecule has 1 rings (SSSR count). The highest BCUT2D eigenvalue weighted by molar-refractivity contribution is 5.94. The lowest BCUT2D eigenvalue weighted by molar-refractivity contribution is -0.142. The van der Waals surface area contributed by atoms with Crippen molar-refractivity contribution in [1.82, 2.24) is 16.0 Å². The van der Waals surface area contributed by atoms with Crippen LogP contribution in [0.15, 0.2) is 30.3 Å². The van der Waals surface area contributed by atoms with Crippen LogP contribution in [0, 0.1) is 5.92 Å². The van der Waals surface area contributed by atoms with Crippen LogP contribution in [-0.2, 0) is 30.4 Å². The van der Waals surface area contributed by atoms with Gasteiger partial charge in [-0.05, 0) is 17.9 Å². The zero-order valence-electron chi connectivity index (χ0n) is 19.8. The number of rotatable bonds is 15. The zero-order valence-corrected chi connectivity index (χ0v) is 19.8. The smallest absolute Gasteiger partial charge is 0.326 e. The van der Waals surface area contributed by atoms with Gasteiger partial charge in [-0.15, -0.1) is 0 Å². The number of benzene rings is 1. The minimum absolute atomic E-state index is 0.0344. The fourth-order valence-corrected chi connectivity index (χ4v) is 3.15. The molecule has 8 N–H and O–H groups in total. The van der Waals surface area contributed by atoms with Crippen LogP contribution in [0.2, 0.25) is 0 Å². The van der Waals surface area contributed by atoms with Gasteiger partial charge in [0, 0.05) is 12.8 Å². The Morgan fingerprint density at radius 1 is 0.914 bits per heavy atom. The van der Waals surface area contributed by atoms with Crippen LogP contribution in [0.3, 0.4) is 0 Å². The maximum absolute atomic E-state index is 13.0. The fourth-order valence-electron chi connectivity index (χ4n) is 3.15. The Morgan fingerprint density at radius 3 is 2.03 bits per heavy atom. The molecule has 0 fully saturated rings. The van der Waals surface area contributed by atoms with E-state index in [-0.39, 0.29) is 19.3 Å². The standard InChI is InChI=1S/C23H34N4O8/c1-3-13(2)19(22(33)25-16(23(34)35)11-14-7-5-4-6-8-14)27-21(32)17(12-28)26-20(31)15(24)9-10-18(29)30/h4-8,13,15-17,19,28H,3,9-12,24H2,1-2H3,(H,25,33)(H,26,31)(H,27,32)(H,29,30)(H,34,35). The third kappa shape index (κ3) is 10.1. The van der Waals surface area contributed by atoms with Crippen LogP contribution in [0.5, 0.6) is 0 Å². The van der Waals surface area contributed by atoms with Crippen molar-refractivity contribution < 1.29 is 39.3 Å². The first-order valence-electron chi connectivity index (χ1n) is 11.3. The van der Waals surface area contributed by atoms with E-state index in [4.69, 9.17) is 10.8 Å². The normalized spacial score (nSPS) is 15.1. The number of carboxylic acid groups (broad SMARTS) is 2. The van der Waals surface area contributed by atoms with E-state index in [1.165, 1.54) is 0 Å². The van der Waals surface area contributed by atoms with E-state index in [2.05, 4.69) is 16.0 Å². The lowest BCUT2D eigenvalue weighted by Gasteiger charge is -2.27. The van der Waals surface area contributed by atoms with Crippen LogP contribution in [0.1, 0.15) is 38.7 Å². The minimum atomic E-state index is -1.45. The van der Waals surface area contributed by atoms with Crippen molar-refractivity contribution in [3.05, 3.63) is 35.9 Å². The van der Waals surface area contributed by atoms with E-state index in [0.29, 0.717) is 12.0 Å². The Balaban J connectivity index is 2.89. The van der Waals surface area contributed by atoms with E-state index < -0.39 is 66.4 Å². The summed E-state index contributed by atoms with van der Waals surface area (Å²) in [4.78, 5) is 60.2. The van der Waals surface area contributed by atoms with E-state index in [9.17, 15) is 34.2 Å². The summed E-state index contributed by atoms with van der Waals surface area (Å²) in [5, 5.41) is 35.0. The van der Waals surface area contributed by atoms with E-state index >= 15 is 0 Å². The van der Waals surface area contributed by atoms with Gasteiger partial charge in [-0.3, -0.25) is 19.2 Å². The van der Waals surface area contributed by atoms with E-state index in [0.717, 1.165) is 0 Å². The van der Waals surface area contributed by atoms with Crippen LogP contribution in [0.25, 0.3) is 0 Å². The number of aliphatic hydroxyl groups excluding tert-OH is 1. The van der Waals surface area contributed by atoms with Gasteiger partial charge in [0.05, 0.1) is 12.6 Å². The number of aliphatic carboxylic acids is 2. The predicted octanol–water partition coefficient (Wildman–Crippen LogP) is -1.00. The van der Waals surface area contributed by atoms with Gasteiger partial charge in [0.15, 0.2) is 0 Å². The number of nitrogens with one attached hydrogen (secondary N) is 3. The summed E-state index contributed by atoms with van der Waals surface area (Å²) in [7, 11) is 0. The van der Waals surface area contributed by atoms with Crippen LogP contribution >= 0.6 is 0 Å². The molecule has 0 aliphatic carbocycles. The molecular formula is C23H34N4O8. The molecule has 1 aromatic carbocycles. The lowest BCUT2D eigenvalue weighted by atomic mass is 9.97. The molecule has 35 heavy (non-hydrogen) atoms. The summed E-state index contributed by atoms with van der Waals surface area (Å²) in [6, 6.07) is 3.68. The number of aliphatic hydroxyl groups is 1. The molecule has 0 heterocycles. The summed E-state index contributed by atoms with van der Waals surface area (Å²) < 4.78 is 0. The molecular weight excluding hydrogens is 460 g/mol. The topological polar surface area (TPSA) is 208 Å². The van der Waals surface area contributed by atoms with Gasteiger partial charge in [0.2, 0.25) is 17.7 Å². The molecule has 0 aliphatic rings. The van der Waals surface area contributed by atoms with Crippen LogP contribution in [0.4, 0.5) is 0 Å². The molecule has 1 aromatic rings. The molecule has 12 nitrogen and oxygen atoms in total. The number of amides is 3. The Kier molecular flexibility index (Phi) is 12.4. The second-order valence-electron chi connectivity index (χ2n) is 8.24. The third-order valence-electron chi connectivity index (χ3n) is 5.51. The SMILES string of the molecule is CCC(C)C(NC(=O)C(CO)NC(=O)C(N)CCC(=O)O)C(=O)NC(Cc1ccccc1)C(=O)O. The Morgan fingerprint density at radius 2 is 1.51 bits per heavy atom. The average molecular weight is 495 g/mol. The van der Waals surface area contributed by atoms with Crippen molar-refractivity contribution in [2.75, 3.05) is 6.61 Å². The highest BCUT2D eigenvalue weighted by Gasteiger charge is 2.32. The highest BCUT2D eigenvalue weighted by Crippen LogP contribution is 2.10. The van der Waals surface area contributed by atoms with Crippen molar-refractivity contribution in [3.8, 4) is 0 Å². The molecule has 0 bridgehead atoms. The Bertz CT molecular complexity index is 880. The number of carbonyl (C=O) groups excluding carboxylic acids is 3. The van der Waals surface area contributed by atoms with Crippen molar-refractivity contribution in [1.29, 1.82) is 0 Å². The summed E-state index contributed by atoms with van der Waals surface area (Å²) in [6.07, 6.45) is -0.0248. The predicted molar refractivity (Wildman–Crippen MR) is 125 cm³/mol. The van der Waals surface area contributed by atoms with Gasteiger partial charge >= 0.3 is 11.9 Å². The average Bonchev–Trinajstić information content (AvgIpc) is 2.83. The summed E-state index contributed by atoms with van der Waals surface area (Å²) in [5.74, 6) is -5.22. The van der Waals surface area contributed by atoms with Crippen LogP contribution in [-0.4, -0.2) is 75.8 Å². The van der Waals surface area contributed by atoms with Gasteiger partial charge in [0.1, 0.15) is 18.1 Å². The molecule has 0 spiro atoms. The summed E-state index contributed by atoms with van der Waals surface area (Å²) in [6.45, 7) is 2.66. The van der Waals surface area contributed by atoms with E-state index in [1.54, 1.807) is 44.2 Å². The second-order valence-corrected chi connectivity index (χ2v) is 8.24. The van der Waals surface area contributed by atoms with Crippen molar-refractivity contribution >= 4 is 29.7 Å². The maximum Gasteiger partial charge on any atom is 0.326 e. The molecule has 5 unspecified atom stereocenters. The highest BCUT2D eigenvalue weighted by atomic mass is 16.4. The van der Waals surface area contributed by atoms with Gasteiger partial charge in [-0.1, -0.05) is 50.6 Å². The number of carboxylic acids is 2. The molecule has 0 aromatic heterocycles. The molecule has 0 saturated heterocycles. The van der Waals surface area contributed by atoms with E-state index in [1.807, 2.05) is 0 Å². The van der Waals surface area contributed by atoms with Gasteiger partial charge in [-0.2, -0.15) is 0 Å². The quantitative estimate of drug-likeness (QED) is 0.159. The maximum atomic E-state index is 13.0. The Labute approximate surface area is 203 Å². The first kappa shape index (κ1) is 29.5. The van der Waals surface area contributed by atoms with Crippen LogP contribution < -0.4 is 21.7 Å². The second kappa shape index (κ2) is 14.7. The number of hydrogen-bond donors (Lipinski definition) is 7. The first-order chi connectivity index (χ1) is 16.5. The van der Waals surface area contributed by atoms with Crippen molar-refractivity contribution in [3.63, 3.8) is 0 Å². The van der Waals surface area contributed by atoms with Crippen molar-refractivity contribution in [2.24, 2.45) is 11.7 Å². The lowest BCUT2D eigenvalue weighted by Crippen LogP contribution is -2.59. The third-order valence-corrected chi connectivity index (χ3v) is 5.51. The number of nitrogens with two attached hydrogens (primary N) is 1. The molecule has 5 atom stereocenters. The number of hydrogen-bond acceptors (Lipinski definition) is 7. The minimum Gasteiger partial charge on any atom is -0.481 e. The summed E-state index contributed by atoms with van der Waals surface area (Å²) in [5.41, 5.74) is 6.33. The molecule has 0 radical (unpaired) electrons. The molecule has 0 saturated carbocycles. The molecule has 0 aliphatic heterocycles. The fraction of sp³-hybridized carbons (Fsp3) is 0.522. The van der Waals surface area contributed by atoms with Gasteiger partial charge in [0.25, 0.3) is 0 Å². The summed E-state index contributed by atoms with van der Waals surface area (Å²) >= 11 is 0. The van der Waals surface area contributed by atoms with Gasteiger partial charge in [-0.25, -0.2) is 4.79 Å². The number of carbonyl (C=O) groups is 5. The largest absolute Gasteiger partial charge is 0.481 e. The molecule has 3 amide bonds.